The van der Waals surface area contributed by atoms with Gasteiger partial charge < -0.3 is 15.7 Å². The fraction of sp³-hybridized carbons (Fsp3) is 0.385. The Morgan fingerprint density at radius 3 is 2.63 bits per heavy atom. The second-order valence-electron chi connectivity index (χ2n) is 4.22. The number of benzene rings is 1. The largest absolute Gasteiger partial charge is 0.480 e. The molecule has 3 N–H and O–H groups in total. The monoisotopic (exact) mass is 300 g/mol. The lowest BCUT2D eigenvalue weighted by molar-refractivity contribution is -0.141. The molecule has 19 heavy (non-hydrogen) atoms. The number of nitrogens with two attached hydrogens (primary N) is 1. The molecule has 4 nitrogen and oxygen atoms in total. The number of thiocarbonyl (C=S) groups is 1. The maximum Gasteiger partial charge on any atom is 0.326 e. The molecule has 104 valence electrons. The first kappa shape index (κ1) is 15.7. The van der Waals surface area contributed by atoms with Gasteiger partial charge in [-0.2, -0.15) is 0 Å². The fourth-order valence-electron chi connectivity index (χ4n) is 1.98. The molecule has 1 atom stereocenters. The number of aryl methyl sites for hydroxylation is 1. The average Bonchev–Trinajstić information content (AvgIpc) is 2.31. The van der Waals surface area contributed by atoms with Crippen LogP contribution in [0.3, 0.4) is 0 Å². The van der Waals surface area contributed by atoms with E-state index >= 15 is 0 Å². The second kappa shape index (κ2) is 6.73. The van der Waals surface area contributed by atoms with Gasteiger partial charge in [0.05, 0.1) is 0 Å². The zero-order valence-corrected chi connectivity index (χ0v) is 12.5. The molecule has 0 saturated heterocycles. The smallest absolute Gasteiger partial charge is 0.326 e. The molecule has 1 unspecified atom stereocenters. The molecule has 1 aromatic rings. The summed E-state index contributed by atoms with van der Waals surface area (Å²) in [6.07, 6.45) is 0.270. The Labute approximate surface area is 123 Å². The summed E-state index contributed by atoms with van der Waals surface area (Å²) < 4.78 is 0. The predicted molar refractivity (Wildman–Crippen MR) is 80.5 cm³/mol. The number of nitrogens with zero attached hydrogens (tertiary/aromatic N) is 1. The number of hydrogen-bond donors (Lipinski definition) is 2. The van der Waals surface area contributed by atoms with Gasteiger partial charge in [-0.1, -0.05) is 23.7 Å². The third kappa shape index (κ3) is 3.81. The van der Waals surface area contributed by atoms with Crippen molar-refractivity contribution < 1.29 is 9.90 Å². The molecule has 0 aliphatic heterocycles. The van der Waals surface area contributed by atoms with Crippen LogP contribution in [0.5, 0.6) is 0 Å². The first-order chi connectivity index (χ1) is 8.88. The highest BCUT2D eigenvalue weighted by molar-refractivity contribution is 7.80. The normalized spacial score (nSPS) is 11.9. The number of likely N-dealkylation sites (N-methyl/N-ethyl adjacent to an activating group) is 1. The van der Waals surface area contributed by atoms with Gasteiger partial charge in [-0.3, -0.25) is 0 Å². The lowest BCUT2D eigenvalue weighted by Gasteiger charge is -2.28. The minimum Gasteiger partial charge on any atom is -0.480 e. The molecule has 0 aliphatic rings. The molecule has 0 radical (unpaired) electrons. The molecule has 0 aromatic heterocycles. The minimum atomic E-state index is -0.964. The van der Waals surface area contributed by atoms with E-state index in [0.29, 0.717) is 11.6 Å². The summed E-state index contributed by atoms with van der Waals surface area (Å²) in [5.74, 6) is -0.964. The van der Waals surface area contributed by atoms with Crippen LogP contribution < -0.4 is 5.73 Å². The van der Waals surface area contributed by atoms with E-state index < -0.39 is 12.0 Å². The van der Waals surface area contributed by atoms with E-state index in [2.05, 4.69) is 0 Å². The van der Waals surface area contributed by atoms with Gasteiger partial charge in [-0.15, -0.1) is 0 Å². The van der Waals surface area contributed by atoms with Crippen molar-refractivity contribution in [1.82, 2.24) is 4.90 Å². The Morgan fingerprint density at radius 1 is 1.58 bits per heavy atom. The summed E-state index contributed by atoms with van der Waals surface area (Å²) in [6.45, 7) is 4.15. The van der Waals surface area contributed by atoms with Crippen molar-refractivity contribution in [2.75, 3.05) is 6.54 Å². The molecule has 0 spiro atoms. The Kier molecular flexibility index (Phi) is 5.57. The van der Waals surface area contributed by atoms with Crippen molar-refractivity contribution in [2.24, 2.45) is 5.73 Å². The summed E-state index contributed by atoms with van der Waals surface area (Å²) in [6, 6.07) is 4.68. The Bertz CT molecular complexity index is 473. The van der Waals surface area contributed by atoms with Crippen LogP contribution >= 0.6 is 23.8 Å². The quantitative estimate of drug-likeness (QED) is 0.816. The zero-order chi connectivity index (χ0) is 14.6. The van der Waals surface area contributed by atoms with E-state index in [9.17, 15) is 9.90 Å². The van der Waals surface area contributed by atoms with Crippen LogP contribution in [0.25, 0.3) is 0 Å². The molecule has 0 aliphatic carbocycles. The molecular formula is C13H17ClN2O2S. The van der Waals surface area contributed by atoms with Gasteiger partial charge in [0.25, 0.3) is 0 Å². The number of carboxylic acids is 1. The van der Waals surface area contributed by atoms with E-state index in [4.69, 9.17) is 29.6 Å². The van der Waals surface area contributed by atoms with Crippen LogP contribution in [0.4, 0.5) is 0 Å². The maximum atomic E-state index is 11.4. The summed E-state index contributed by atoms with van der Waals surface area (Å²) in [7, 11) is 0. The van der Waals surface area contributed by atoms with Crippen molar-refractivity contribution in [2.45, 2.75) is 26.3 Å². The third-order valence-electron chi connectivity index (χ3n) is 3.04. The number of rotatable bonds is 5. The molecule has 0 saturated carbocycles. The number of carbonyl (C=O) groups is 1. The average molecular weight is 301 g/mol. The summed E-state index contributed by atoms with van der Waals surface area (Å²) >= 11 is 11.0. The second-order valence-corrected chi connectivity index (χ2v) is 5.04. The van der Waals surface area contributed by atoms with Crippen molar-refractivity contribution >= 4 is 34.9 Å². The molecule has 0 bridgehead atoms. The molecule has 0 amide bonds. The topological polar surface area (TPSA) is 66.6 Å². The maximum absolute atomic E-state index is 11.4. The number of carboxylic acid groups (broad SMARTS) is 1. The Morgan fingerprint density at radius 2 is 2.21 bits per heavy atom. The lowest BCUT2D eigenvalue weighted by Crippen LogP contribution is -2.48. The van der Waals surface area contributed by atoms with Crippen molar-refractivity contribution in [3.63, 3.8) is 0 Å². The van der Waals surface area contributed by atoms with E-state index in [1.165, 1.54) is 4.90 Å². The van der Waals surface area contributed by atoms with E-state index in [1.54, 1.807) is 6.07 Å². The third-order valence-corrected chi connectivity index (χ3v) is 3.62. The lowest BCUT2D eigenvalue weighted by atomic mass is 10.00. The van der Waals surface area contributed by atoms with Crippen LogP contribution in [-0.2, 0) is 11.2 Å². The number of hydrogen-bond acceptors (Lipinski definition) is 2. The van der Waals surface area contributed by atoms with E-state index in [0.717, 1.165) is 11.1 Å². The highest BCUT2D eigenvalue weighted by atomic mass is 35.5. The molecule has 0 fully saturated rings. The van der Waals surface area contributed by atoms with Gasteiger partial charge in [0.1, 0.15) is 6.04 Å². The molecule has 1 rings (SSSR count). The standard InChI is InChI=1S/C13H17ClN2O2S/c1-3-16(13(15)19)11(12(17)18)7-9-8(2)5-4-6-10(9)14/h4-6,11H,3,7H2,1-2H3,(H2,15,19)(H,17,18). The first-order valence-corrected chi connectivity index (χ1v) is 6.70. The zero-order valence-electron chi connectivity index (χ0n) is 10.9. The van der Waals surface area contributed by atoms with Crippen LogP contribution in [0.2, 0.25) is 5.02 Å². The van der Waals surface area contributed by atoms with Crippen LogP contribution in [-0.4, -0.2) is 33.7 Å². The van der Waals surface area contributed by atoms with E-state index in [1.807, 2.05) is 26.0 Å². The van der Waals surface area contributed by atoms with Crippen molar-refractivity contribution in [3.8, 4) is 0 Å². The molecule has 0 heterocycles. The fourth-order valence-corrected chi connectivity index (χ4v) is 2.53. The highest BCUT2D eigenvalue weighted by Crippen LogP contribution is 2.22. The highest BCUT2D eigenvalue weighted by Gasteiger charge is 2.27. The van der Waals surface area contributed by atoms with Gasteiger partial charge in [0.2, 0.25) is 0 Å². The van der Waals surface area contributed by atoms with Gasteiger partial charge >= 0.3 is 5.97 Å². The minimum absolute atomic E-state index is 0.0830. The first-order valence-electron chi connectivity index (χ1n) is 5.91. The number of aliphatic carboxylic acids is 1. The summed E-state index contributed by atoms with van der Waals surface area (Å²) in [4.78, 5) is 12.9. The number of halogens is 1. The Balaban J connectivity index is 3.09. The van der Waals surface area contributed by atoms with Gasteiger partial charge in [-0.05, 0) is 43.3 Å². The Hall–Kier alpha value is -1.33. The van der Waals surface area contributed by atoms with Gasteiger partial charge in [0.15, 0.2) is 5.11 Å². The van der Waals surface area contributed by atoms with Crippen molar-refractivity contribution in [3.05, 3.63) is 34.3 Å². The van der Waals surface area contributed by atoms with Crippen LogP contribution in [0.1, 0.15) is 18.1 Å². The van der Waals surface area contributed by atoms with Crippen LogP contribution in [0.15, 0.2) is 18.2 Å². The predicted octanol–water partition coefficient (Wildman–Crippen LogP) is 2.21. The summed E-state index contributed by atoms with van der Waals surface area (Å²) in [5, 5.41) is 10.0. The molecular weight excluding hydrogens is 284 g/mol. The summed E-state index contributed by atoms with van der Waals surface area (Å²) in [5.41, 5.74) is 7.34. The van der Waals surface area contributed by atoms with Gasteiger partial charge in [0, 0.05) is 18.0 Å². The van der Waals surface area contributed by atoms with Crippen LogP contribution in [0, 0.1) is 6.92 Å². The van der Waals surface area contributed by atoms with Gasteiger partial charge in [-0.25, -0.2) is 4.79 Å². The molecule has 1 aromatic carbocycles. The van der Waals surface area contributed by atoms with Crippen molar-refractivity contribution in [1.29, 1.82) is 0 Å². The van der Waals surface area contributed by atoms with E-state index in [-0.39, 0.29) is 11.5 Å². The SMILES string of the molecule is CCN(C(N)=S)C(Cc1c(C)cccc1Cl)C(=O)O. The molecule has 6 heteroatoms.